The third-order valence-electron chi connectivity index (χ3n) is 10.6. The fourth-order valence-corrected chi connectivity index (χ4v) is 7.21. The summed E-state index contributed by atoms with van der Waals surface area (Å²) < 4.78 is 0. The first-order chi connectivity index (χ1) is 27.4. The standard InChI is InChI=1S/C53H43N3/c1-5-38(27-26-37(2)39-16-8-6-9-17-39)50-54-51(42-19-10-7-11-20-42)56-52(55-50)43-30-34-47(35-31-43)53(3,4)46-32-28-40(29-33-46)44-22-14-23-45(36-44)49-25-15-21-41-18-12-13-24-48(41)49/h5-36H,2H2,1,3-4H3/b27-26-,38-5+. The van der Waals surface area contributed by atoms with E-state index < -0.39 is 0 Å². The summed E-state index contributed by atoms with van der Waals surface area (Å²) in [5.74, 6) is 1.87. The van der Waals surface area contributed by atoms with Crippen LogP contribution in [0.5, 0.6) is 0 Å². The fourth-order valence-electron chi connectivity index (χ4n) is 7.21. The molecular formula is C53H43N3. The maximum Gasteiger partial charge on any atom is 0.164 e. The first-order valence-corrected chi connectivity index (χ1v) is 19.1. The number of hydrogen-bond donors (Lipinski definition) is 0. The van der Waals surface area contributed by atoms with Crippen LogP contribution >= 0.6 is 0 Å². The summed E-state index contributed by atoms with van der Waals surface area (Å²) in [6.07, 6.45) is 6.08. The lowest BCUT2D eigenvalue weighted by Gasteiger charge is -2.26. The summed E-state index contributed by atoms with van der Waals surface area (Å²) in [6, 6.07) is 61.9. The maximum absolute atomic E-state index is 5.01. The second-order valence-corrected chi connectivity index (χ2v) is 14.5. The van der Waals surface area contributed by atoms with Gasteiger partial charge in [0.25, 0.3) is 0 Å². The molecule has 1 aromatic heterocycles. The van der Waals surface area contributed by atoms with Gasteiger partial charge in [0.1, 0.15) is 0 Å². The van der Waals surface area contributed by atoms with Crippen molar-refractivity contribution in [2.24, 2.45) is 0 Å². The molecule has 7 aromatic carbocycles. The van der Waals surface area contributed by atoms with Gasteiger partial charge in [0, 0.05) is 22.1 Å². The van der Waals surface area contributed by atoms with Crippen molar-refractivity contribution in [2.75, 3.05) is 0 Å². The zero-order chi connectivity index (χ0) is 38.5. The van der Waals surface area contributed by atoms with Crippen LogP contribution in [0.3, 0.4) is 0 Å². The molecule has 56 heavy (non-hydrogen) atoms. The van der Waals surface area contributed by atoms with Crippen molar-refractivity contribution in [3.63, 3.8) is 0 Å². The van der Waals surface area contributed by atoms with Gasteiger partial charge in [-0.3, -0.25) is 0 Å². The molecule has 0 unspecified atom stereocenters. The van der Waals surface area contributed by atoms with Crippen LogP contribution in [-0.4, -0.2) is 15.0 Å². The van der Waals surface area contributed by atoms with Crippen LogP contribution in [0.25, 0.3) is 66.9 Å². The molecule has 0 saturated carbocycles. The lowest BCUT2D eigenvalue weighted by Crippen LogP contribution is -2.18. The van der Waals surface area contributed by atoms with Crippen molar-refractivity contribution in [1.82, 2.24) is 15.0 Å². The van der Waals surface area contributed by atoms with Crippen LogP contribution in [-0.2, 0) is 5.41 Å². The molecule has 0 spiro atoms. The number of nitrogens with zero attached hydrogens (tertiary/aromatic N) is 3. The quantitative estimate of drug-likeness (QED) is 0.132. The van der Waals surface area contributed by atoms with Crippen LogP contribution in [0.1, 0.15) is 43.3 Å². The highest BCUT2D eigenvalue weighted by Gasteiger charge is 2.24. The Bertz CT molecular complexity index is 2700. The molecule has 0 atom stereocenters. The molecule has 270 valence electrons. The van der Waals surface area contributed by atoms with Crippen LogP contribution < -0.4 is 0 Å². The molecular weight excluding hydrogens is 679 g/mol. The van der Waals surface area contributed by atoms with Crippen LogP contribution in [0.4, 0.5) is 0 Å². The number of benzene rings is 7. The molecule has 0 fully saturated rings. The highest BCUT2D eigenvalue weighted by molar-refractivity contribution is 5.97. The van der Waals surface area contributed by atoms with Gasteiger partial charge in [-0.1, -0.05) is 209 Å². The molecule has 8 rings (SSSR count). The van der Waals surface area contributed by atoms with E-state index in [0.29, 0.717) is 17.5 Å². The molecule has 0 aliphatic carbocycles. The Morgan fingerprint density at radius 2 is 1.04 bits per heavy atom. The van der Waals surface area contributed by atoms with E-state index in [4.69, 9.17) is 15.0 Å². The average Bonchev–Trinajstić information content (AvgIpc) is 3.27. The monoisotopic (exact) mass is 721 g/mol. The average molecular weight is 722 g/mol. The van der Waals surface area contributed by atoms with Gasteiger partial charge < -0.3 is 0 Å². The van der Waals surface area contributed by atoms with Crippen molar-refractivity contribution in [2.45, 2.75) is 26.2 Å². The number of aromatic nitrogens is 3. The number of hydrogen-bond acceptors (Lipinski definition) is 3. The minimum atomic E-state index is -0.231. The van der Waals surface area contributed by atoms with Crippen LogP contribution in [0.2, 0.25) is 0 Å². The molecule has 0 bridgehead atoms. The summed E-state index contributed by atoms with van der Waals surface area (Å²) in [4.78, 5) is 14.9. The minimum absolute atomic E-state index is 0.231. The van der Waals surface area contributed by atoms with Crippen molar-refractivity contribution >= 4 is 21.9 Å². The first-order valence-electron chi connectivity index (χ1n) is 19.1. The predicted molar refractivity (Wildman–Crippen MR) is 236 cm³/mol. The van der Waals surface area contributed by atoms with Gasteiger partial charge in [-0.2, -0.15) is 0 Å². The number of rotatable bonds is 10. The van der Waals surface area contributed by atoms with Crippen molar-refractivity contribution in [3.8, 4) is 45.0 Å². The summed E-state index contributed by atoms with van der Waals surface area (Å²) >= 11 is 0. The minimum Gasteiger partial charge on any atom is -0.208 e. The second kappa shape index (κ2) is 15.8. The Morgan fingerprint density at radius 1 is 0.500 bits per heavy atom. The molecule has 0 aliphatic rings. The second-order valence-electron chi connectivity index (χ2n) is 14.5. The predicted octanol–water partition coefficient (Wildman–Crippen LogP) is 13.7. The first kappa shape index (κ1) is 36.0. The van der Waals surface area contributed by atoms with E-state index in [1.54, 1.807) is 0 Å². The zero-order valence-corrected chi connectivity index (χ0v) is 32.0. The van der Waals surface area contributed by atoms with Gasteiger partial charge in [-0.15, -0.1) is 0 Å². The molecule has 0 amide bonds. The van der Waals surface area contributed by atoms with E-state index in [-0.39, 0.29) is 5.41 Å². The molecule has 3 nitrogen and oxygen atoms in total. The molecule has 8 aromatic rings. The van der Waals surface area contributed by atoms with Gasteiger partial charge in [-0.25, -0.2) is 15.0 Å². The Morgan fingerprint density at radius 3 is 1.71 bits per heavy atom. The van der Waals surface area contributed by atoms with E-state index in [9.17, 15) is 0 Å². The Kier molecular flexibility index (Phi) is 10.2. The normalized spacial score (nSPS) is 11.9. The van der Waals surface area contributed by atoms with E-state index in [1.165, 1.54) is 44.2 Å². The summed E-state index contributed by atoms with van der Waals surface area (Å²) in [5, 5.41) is 2.52. The molecule has 0 aliphatic heterocycles. The van der Waals surface area contributed by atoms with E-state index >= 15 is 0 Å². The molecule has 1 heterocycles. The Labute approximate surface area is 330 Å². The third-order valence-corrected chi connectivity index (χ3v) is 10.6. The number of fused-ring (bicyclic) bond motifs is 1. The topological polar surface area (TPSA) is 38.7 Å². The van der Waals surface area contributed by atoms with Crippen molar-refractivity contribution in [3.05, 3.63) is 223 Å². The molecule has 0 radical (unpaired) electrons. The van der Waals surface area contributed by atoms with E-state index in [1.807, 2.05) is 73.7 Å². The summed E-state index contributed by atoms with van der Waals surface area (Å²) in [6.45, 7) is 10.8. The van der Waals surface area contributed by atoms with Crippen LogP contribution in [0, 0.1) is 0 Å². The van der Waals surface area contributed by atoms with Crippen LogP contribution in [0.15, 0.2) is 201 Å². The molecule has 0 N–H and O–H groups in total. The van der Waals surface area contributed by atoms with Crippen molar-refractivity contribution < 1.29 is 0 Å². The molecule has 0 saturated heterocycles. The highest BCUT2D eigenvalue weighted by atomic mass is 15.0. The number of allylic oxidation sites excluding steroid dienone is 5. The Hall–Kier alpha value is -6.97. The summed E-state index contributed by atoms with van der Waals surface area (Å²) in [7, 11) is 0. The zero-order valence-electron chi connectivity index (χ0n) is 32.0. The maximum atomic E-state index is 5.01. The summed E-state index contributed by atoms with van der Waals surface area (Å²) in [5.41, 5.74) is 11.8. The SMILES string of the molecule is C=C(/C=C\C(=C/C)c1nc(-c2ccccc2)nc(-c2ccc(C(C)(C)c3ccc(-c4cccc(-c5cccc6ccccc56)c4)cc3)cc2)n1)c1ccccc1. The van der Waals surface area contributed by atoms with Gasteiger partial charge in [0.2, 0.25) is 0 Å². The fraction of sp³-hybridized carbons (Fsp3) is 0.0755. The van der Waals surface area contributed by atoms with E-state index in [0.717, 1.165) is 27.8 Å². The van der Waals surface area contributed by atoms with Crippen molar-refractivity contribution in [1.29, 1.82) is 0 Å². The van der Waals surface area contributed by atoms with Gasteiger partial charge in [-0.05, 0) is 68.3 Å². The molecule has 3 heteroatoms. The highest BCUT2D eigenvalue weighted by Crippen LogP contribution is 2.36. The smallest absolute Gasteiger partial charge is 0.164 e. The lowest BCUT2D eigenvalue weighted by molar-refractivity contribution is 0.641. The Balaban J connectivity index is 1.06. The van der Waals surface area contributed by atoms with Gasteiger partial charge in [0.05, 0.1) is 0 Å². The third kappa shape index (κ3) is 7.53. The van der Waals surface area contributed by atoms with E-state index in [2.05, 4.69) is 148 Å². The van der Waals surface area contributed by atoms with Gasteiger partial charge in [0.15, 0.2) is 17.5 Å². The lowest BCUT2D eigenvalue weighted by atomic mass is 9.77. The van der Waals surface area contributed by atoms with Gasteiger partial charge >= 0.3 is 0 Å². The largest absolute Gasteiger partial charge is 0.208 e.